The minimum Gasteiger partial charge on any atom is -0.480 e. The van der Waals surface area contributed by atoms with Crippen molar-refractivity contribution in [1.82, 2.24) is 20.4 Å². The molecule has 4 rings (SSSR count). The molecule has 16 heteroatoms. The molecule has 0 aliphatic carbocycles. The molecule has 0 bridgehead atoms. The van der Waals surface area contributed by atoms with Crippen molar-refractivity contribution in [2.45, 2.75) is 64.3 Å². The molecule has 0 saturated carbocycles. The fraction of sp³-hybridized carbons (Fsp3) is 0.306. The van der Waals surface area contributed by atoms with Crippen LogP contribution in [0.2, 0.25) is 0 Å². The highest BCUT2D eigenvalue weighted by molar-refractivity contribution is 6.05. The maximum atomic E-state index is 14.0. The largest absolute Gasteiger partial charge is 0.480 e. The lowest BCUT2D eigenvalue weighted by Crippen LogP contribution is -2.41. The van der Waals surface area contributed by atoms with Gasteiger partial charge in [0.15, 0.2) is 5.82 Å². The predicted molar refractivity (Wildman–Crippen MR) is 193 cm³/mol. The van der Waals surface area contributed by atoms with Gasteiger partial charge in [-0.3, -0.25) is 19.2 Å². The Morgan fingerprint density at radius 2 is 1.62 bits per heavy atom. The van der Waals surface area contributed by atoms with Gasteiger partial charge >= 0.3 is 12.0 Å². The summed E-state index contributed by atoms with van der Waals surface area (Å²) in [5, 5.41) is 24.2. The molecule has 3 aromatic carbocycles. The van der Waals surface area contributed by atoms with Crippen LogP contribution in [0.5, 0.6) is 0 Å². The number of unbranched alkanes of at least 4 members (excludes halogenated alkanes) is 2. The highest BCUT2D eigenvalue weighted by Crippen LogP contribution is 2.33. The Hall–Kier alpha value is -6.32. The summed E-state index contributed by atoms with van der Waals surface area (Å²) in [7, 11) is 0. The van der Waals surface area contributed by atoms with Crippen molar-refractivity contribution < 1.29 is 38.3 Å². The normalized spacial score (nSPS) is 11.4. The number of hydrogen-bond acceptors (Lipinski definition) is 8. The van der Waals surface area contributed by atoms with E-state index in [1.165, 1.54) is 16.8 Å². The molecular weight excluding hydrogens is 675 g/mol. The van der Waals surface area contributed by atoms with Crippen molar-refractivity contribution in [2.24, 2.45) is 5.73 Å². The van der Waals surface area contributed by atoms with Crippen LogP contribution in [-0.4, -0.2) is 63.1 Å². The van der Waals surface area contributed by atoms with Crippen LogP contribution in [0.25, 0.3) is 22.0 Å². The van der Waals surface area contributed by atoms with Gasteiger partial charge in [0.2, 0.25) is 23.6 Å². The van der Waals surface area contributed by atoms with Gasteiger partial charge in [-0.2, -0.15) is 4.68 Å². The highest BCUT2D eigenvalue weighted by atomic mass is 19.1. The smallest absolute Gasteiger partial charge is 0.326 e. The number of rotatable bonds is 17. The van der Waals surface area contributed by atoms with Crippen molar-refractivity contribution in [3.8, 4) is 11.1 Å². The Labute approximate surface area is 298 Å². The molecule has 1 heterocycles. The van der Waals surface area contributed by atoms with E-state index in [4.69, 9.17) is 11.5 Å². The van der Waals surface area contributed by atoms with Crippen molar-refractivity contribution in [2.75, 3.05) is 22.9 Å². The Morgan fingerprint density at radius 3 is 2.33 bits per heavy atom. The molecular formula is C36H41FN8O7. The Bertz CT molecular complexity index is 1960. The molecule has 0 unspecified atom stereocenters. The van der Waals surface area contributed by atoms with Gasteiger partial charge in [-0.15, -0.1) is 5.10 Å². The standard InChI is InChI=1S/C36H41FN8O7/c1-21-9-14-25(37)27(20-21)43-36(52)41-23-12-10-22(11-13-23)24-6-5-7-28-33(24)34(39)44-45(28)32(49)8-3-2-4-19-40-30(47)17-18-31(48)42-26(35(50)51)15-16-29(38)46/h5-7,9-14,20,26H,2-4,8,15-19H2,1H3,(H2,38,46)(H2,39,44)(H,40,47)(H,42,48)(H,50,51)(H2,41,43,52)/t26-/m0/s1. The maximum Gasteiger partial charge on any atom is 0.326 e. The second kappa shape index (κ2) is 18.1. The third-order valence-corrected chi connectivity index (χ3v) is 8.08. The Kier molecular flexibility index (Phi) is 13.4. The summed E-state index contributed by atoms with van der Waals surface area (Å²) in [5.74, 6) is -3.60. The maximum absolute atomic E-state index is 14.0. The monoisotopic (exact) mass is 716 g/mol. The van der Waals surface area contributed by atoms with E-state index in [-0.39, 0.29) is 55.4 Å². The van der Waals surface area contributed by atoms with E-state index >= 15 is 0 Å². The zero-order chi connectivity index (χ0) is 37.8. The number of aryl methyl sites for hydroxylation is 1. The number of nitrogens with one attached hydrogen (secondary N) is 4. The fourth-order valence-corrected chi connectivity index (χ4v) is 5.42. The molecule has 0 fully saturated rings. The zero-order valence-electron chi connectivity index (χ0n) is 28.5. The van der Waals surface area contributed by atoms with E-state index in [1.54, 1.807) is 49.4 Å². The van der Waals surface area contributed by atoms with Gasteiger partial charge in [-0.05, 0) is 73.2 Å². The fourth-order valence-electron chi connectivity index (χ4n) is 5.42. The van der Waals surface area contributed by atoms with Crippen LogP contribution < -0.4 is 32.7 Å². The number of hydrogen-bond donors (Lipinski definition) is 7. The SMILES string of the molecule is Cc1ccc(F)c(NC(=O)Nc2ccc(-c3cccc4c3c(N)nn4C(=O)CCCCCNC(=O)CCC(=O)N[C@@H](CCC(N)=O)C(=O)O)cc2)c1. The average Bonchev–Trinajstić information content (AvgIpc) is 3.45. The average molecular weight is 717 g/mol. The summed E-state index contributed by atoms with van der Waals surface area (Å²) in [5.41, 5.74) is 14.7. The molecule has 0 aliphatic heterocycles. The number of nitrogen functional groups attached to an aromatic ring is 1. The lowest BCUT2D eigenvalue weighted by molar-refractivity contribution is -0.142. The molecule has 274 valence electrons. The van der Waals surface area contributed by atoms with Crippen LogP contribution >= 0.6 is 0 Å². The van der Waals surface area contributed by atoms with Gasteiger partial charge in [0, 0.05) is 37.9 Å². The molecule has 0 saturated heterocycles. The summed E-state index contributed by atoms with van der Waals surface area (Å²) in [4.78, 5) is 71.9. The van der Waals surface area contributed by atoms with E-state index in [0.717, 1.165) is 16.7 Å². The van der Waals surface area contributed by atoms with Crippen LogP contribution in [0.15, 0.2) is 60.7 Å². The van der Waals surface area contributed by atoms with Gasteiger partial charge < -0.3 is 37.8 Å². The molecule has 1 atom stereocenters. The molecule has 9 N–H and O–H groups in total. The molecule has 0 aliphatic rings. The number of fused-ring (bicyclic) bond motifs is 1. The second-order valence-electron chi connectivity index (χ2n) is 12.2. The van der Waals surface area contributed by atoms with E-state index in [1.807, 2.05) is 6.07 Å². The molecule has 0 radical (unpaired) electrons. The van der Waals surface area contributed by atoms with Crippen molar-refractivity contribution in [3.63, 3.8) is 0 Å². The first-order valence-electron chi connectivity index (χ1n) is 16.6. The summed E-state index contributed by atoms with van der Waals surface area (Å²) in [6.45, 7) is 2.12. The molecule has 1 aromatic heterocycles. The van der Waals surface area contributed by atoms with Crippen LogP contribution in [-0.2, 0) is 19.2 Å². The molecule has 5 amide bonds. The van der Waals surface area contributed by atoms with Crippen LogP contribution in [0.1, 0.15) is 61.7 Å². The van der Waals surface area contributed by atoms with E-state index in [2.05, 4.69) is 26.4 Å². The first kappa shape index (κ1) is 38.5. The summed E-state index contributed by atoms with van der Waals surface area (Å²) >= 11 is 0. The first-order valence-corrected chi connectivity index (χ1v) is 16.6. The van der Waals surface area contributed by atoms with Gasteiger partial charge in [0.05, 0.1) is 16.6 Å². The van der Waals surface area contributed by atoms with E-state index in [9.17, 15) is 38.3 Å². The number of urea groups is 1. The van der Waals surface area contributed by atoms with Crippen molar-refractivity contribution >= 4 is 63.7 Å². The van der Waals surface area contributed by atoms with Crippen molar-refractivity contribution in [3.05, 3.63) is 72.0 Å². The Morgan fingerprint density at radius 1 is 0.885 bits per heavy atom. The third-order valence-electron chi connectivity index (χ3n) is 8.08. The summed E-state index contributed by atoms with van der Waals surface area (Å²) in [6, 6.07) is 14.9. The number of halogens is 1. The van der Waals surface area contributed by atoms with Gasteiger partial charge in [0.25, 0.3) is 0 Å². The number of carbonyl (C=O) groups is 6. The van der Waals surface area contributed by atoms with Gasteiger partial charge in [-0.25, -0.2) is 14.0 Å². The number of benzene rings is 3. The molecule has 4 aromatic rings. The summed E-state index contributed by atoms with van der Waals surface area (Å²) in [6.07, 6.45) is 1.22. The van der Waals surface area contributed by atoms with Gasteiger partial charge in [-0.1, -0.05) is 36.8 Å². The zero-order valence-corrected chi connectivity index (χ0v) is 28.5. The lowest BCUT2D eigenvalue weighted by Gasteiger charge is -2.13. The highest BCUT2D eigenvalue weighted by Gasteiger charge is 2.21. The molecule has 0 spiro atoms. The number of aliphatic carboxylic acids is 1. The Balaban J connectivity index is 1.23. The number of nitrogens with two attached hydrogens (primary N) is 2. The van der Waals surface area contributed by atoms with Crippen LogP contribution in [0.4, 0.5) is 26.4 Å². The van der Waals surface area contributed by atoms with Crippen molar-refractivity contribution in [1.29, 1.82) is 0 Å². The molecule has 15 nitrogen and oxygen atoms in total. The number of primary amides is 1. The number of anilines is 3. The second-order valence-corrected chi connectivity index (χ2v) is 12.2. The quantitative estimate of drug-likeness (QED) is 0.0769. The number of amides is 5. The van der Waals surface area contributed by atoms with Gasteiger partial charge in [0.1, 0.15) is 11.9 Å². The van der Waals surface area contributed by atoms with Crippen LogP contribution in [0.3, 0.4) is 0 Å². The number of carboxylic acids is 1. The topological polar surface area (TPSA) is 241 Å². The number of carbonyl (C=O) groups excluding carboxylic acids is 5. The van der Waals surface area contributed by atoms with E-state index < -0.39 is 35.7 Å². The first-order chi connectivity index (χ1) is 24.8. The number of carboxylic acid groups (broad SMARTS) is 1. The number of aromatic nitrogens is 2. The van der Waals surface area contributed by atoms with E-state index in [0.29, 0.717) is 42.4 Å². The molecule has 52 heavy (non-hydrogen) atoms. The minimum atomic E-state index is -1.30. The number of nitrogens with zero attached hydrogens (tertiary/aromatic N) is 2. The minimum absolute atomic E-state index is 0.0692. The predicted octanol–water partition coefficient (Wildman–Crippen LogP) is 4.31. The third kappa shape index (κ3) is 10.8. The lowest BCUT2D eigenvalue weighted by atomic mass is 10.0. The van der Waals surface area contributed by atoms with Crippen LogP contribution in [0, 0.1) is 12.7 Å². The summed E-state index contributed by atoms with van der Waals surface area (Å²) < 4.78 is 15.3.